The van der Waals surface area contributed by atoms with Crippen molar-refractivity contribution in [3.8, 4) is 0 Å². The Kier molecular flexibility index (Phi) is 7.97. The average molecular weight is 537 g/mol. The van der Waals surface area contributed by atoms with E-state index in [4.69, 9.17) is 0 Å². The van der Waals surface area contributed by atoms with Gasteiger partial charge >= 0.3 is 6.03 Å². The highest BCUT2D eigenvalue weighted by Gasteiger charge is 2.61. The summed E-state index contributed by atoms with van der Waals surface area (Å²) in [4.78, 5) is 12.3. The van der Waals surface area contributed by atoms with Crippen molar-refractivity contribution in [2.24, 2.45) is 46.3 Å². The molecule has 0 aromatic carbocycles. The number of nitrogens with one attached hydrogen (secondary N) is 2. The van der Waals surface area contributed by atoms with E-state index in [-0.39, 0.29) is 6.10 Å². The lowest BCUT2D eigenvalue weighted by molar-refractivity contribution is -0.150. The summed E-state index contributed by atoms with van der Waals surface area (Å²) < 4.78 is 27.0. The van der Waals surface area contributed by atoms with Crippen molar-refractivity contribution in [1.29, 1.82) is 0 Å². The topological polar surface area (TPSA) is 95.5 Å². The largest absolute Gasteiger partial charge is 0.393 e. The van der Waals surface area contributed by atoms with Gasteiger partial charge in [-0.2, -0.15) is 0 Å². The number of hydrogen-bond donors (Lipinski definition) is 3. The molecule has 212 valence electrons. The van der Waals surface area contributed by atoms with Gasteiger partial charge in [-0.1, -0.05) is 40.0 Å². The molecular formula is C30H52N2O4S. The zero-order valence-electron chi connectivity index (χ0n) is 23.5. The molecule has 0 spiro atoms. The van der Waals surface area contributed by atoms with Crippen LogP contribution in [0.2, 0.25) is 0 Å². The first-order valence-electron chi connectivity index (χ1n) is 15.6. The highest BCUT2D eigenvalue weighted by atomic mass is 32.2. The summed E-state index contributed by atoms with van der Waals surface area (Å²) in [5.41, 5.74) is 0.795. The molecule has 6 nitrogen and oxygen atoms in total. The highest BCUT2D eigenvalue weighted by Crippen LogP contribution is 2.69. The number of aliphatic hydroxyl groups excluding tert-OH is 1. The molecule has 0 unspecified atom stereocenters. The maximum absolute atomic E-state index is 12.4. The lowest BCUT2D eigenvalue weighted by Gasteiger charge is -2.63. The van der Waals surface area contributed by atoms with E-state index < -0.39 is 21.3 Å². The molecule has 0 aromatic rings. The Hall–Kier alpha value is -0.820. The second kappa shape index (κ2) is 10.6. The molecule has 0 aromatic heterocycles. The predicted molar refractivity (Wildman–Crippen MR) is 147 cm³/mol. The van der Waals surface area contributed by atoms with Crippen LogP contribution in [0.15, 0.2) is 0 Å². The van der Waals surface area contributed by atoms with Crippen LogP contribution in [-0.2, 0) is 10.0 Å². The van der Waals surface area contributed by atoms with Gasteiger partial charge in [0.05, 0.1) is 11.4 Å². The fourth-order valence-electron chi connectivity index (χ4n) is 10.5. The quantitative estimate of drug-likeness (QED) is 0.348. The summed E-state index contributed by atoms with van der Waals surface area (Å²) in [5.74, 6) is 4.60. The number of hydrogen-bond acceptors (Lipinski definition) is 4. The fourth-order valence-corrected chi connectivity index (χ4v) is 12.0. The van der Waals surface area contributed by atoms with E-state index in [1.165, 1.54) is 44.9 Å². The van der Waals surface area contributed by atoms with Crippen molar-refractivity contribution >= 4 is 16.1 Å². The van der Waals surface area contributed by atoms with E-state index in [0.717, 1.165) is 62.2 Å². The van der Waals surface area contributed by atoms with Gasteiger partial charge < -0.3 is 10.4 Å². The van der Waals surface area contributed by atoms with Gasteiger partial charge in [0, 0.05) is 6.54 Å². The number of fused-ring (bicyclic) bond motifs is 5. The Labute approximate surface area is 225 Å². The summed E-state index contributed by atoms with van der Waals surface area (Å²) in [6.45, 7) is 8.06. The molecular weight excluding hydrogens is 484 g/mol. The zero-order chi connectivity index (χ0) is 26.4. The molecule has 0 radical (unpaired) electrons. The minimum Gasteiger partial charge on any atom is -0.393 e. The Morgan fingerprint density at radius 3 is 2.35 bits per heavy atom. The number of carbonyl (C=O) groups is 1. The maximum atomic E-state index is 12.4. The average Bonchev–Trinajstić information content (AvgIpc) is 3.51. The van der Waals surface area contributed by atoms with Gasteiger partial charge in [-0.25, -0.2) is 17.9 Å². The van der Waals surface area contributed by atoms with E-state index in [1.807, 2.05) is 0 Å². The first-order chi connectivity index (χ1) is 17.6. The van der Waals surface area contributed by atoms with Crippen molar-refractivity contribution in [2.45, 2.75) is 128 Å². The molecule has 5 aliphatic rings. The van der Waals surface area contributed by atoms with Crippen LogP contribution in [0.25, 0.3) is 0 Å². The van der Waals surface area contributed by atoms with Crippen LogP contribution in [0.1, 0.15) is 117 Å². The van der Waals surface area contributed by atoms with Crippen LogP contribution in [0, 0.1) is 46.3 Å². The van der Waals surface area contributed by atoms with Gasteiger partial charge in [0.15, 0.2) is 0 Å². The van der Waals surface area contributed by atoms with Crippen molar-refractivity contribution in [2.75, 3.05) is 6.54 Å². The van der Waals surface area contributed by atoms with Crippen LogP contribution in [0.4, 0.5) is 4.79 Å². The second-order valence-electron chi connectivity index (χ2n) is 14.1. The third-order valence-electron chi connectivity index (χ3n) is 12.5. The Balaban J connectivity index is 1.16. The molecule has 0 heterocycles. The van der Waals surface area contributed by atoms with E-state index in [1.54, 1.807) is 0 Å². The van der Waals surface area contributed by atoms with Crippen LogP contribution >= 0.6 is 0 Å². The summed E-state index contributed by atoms with van der Waals surface area (Å²) in [5, 5.41) is 12.9. The van der Waals surface area contributed by atoms with Crippen LogP contribution < -0.4 is 10.0 Å². The summed E-state index contributed by atoms with van der Waals surface area (Å²) >= 11 is 0. The standard InChI is InChI=1S/C30H52N2O4S/c1-4-20-18-24-25-12-11-21(8-7-17-31-28(34)32-37(35,36)23-9-5-6-10-23)29(25,2)16-14-26(24)30(3)15-13-22(33)19-27(20)30/h20-27,33H,4-19H2,1-3H3,(H2,31,32,34)/t20-,21-,22+,24-,25-,26-,27-,29+,30+/m0/s1. The lowest BCUT2D eigenvalue weighted by atomic mass is 9.42. The third-order valence-corrected chi connectivity index (χ3v) is 14.3. The minimum absolute atomic E-state index is 0.0908. The number of rotatable bonds is 7. The molecule has 0 saturated heterocycles. The van der Waals surface area contributed by atoms with Gasteiger partial charge in [-0.3, -0.25) is 0 Å². The monoisotopic (exact) mass is 536 g/mol. The van der Waals surface area contributed by atoms with Gasteiger partial charge in [-0.05, 0) is 123 Å². The van der Waals surface area contributed by atoms with Gasteiger partial charge in [-0.15, -0.1) is 0 Å². The summed E-state index contributed by atoms with van der Waals surface area (Å²) in [6, 6.07) is -0.559. The molecule has 3 N–H and O–H groups in total. The van der Waals surface area contributed by atoms with E-state index >= 15 is 0 Å². The van der Waals surface area contributed by atoms with Gasteiger partial charge in [0.1, 0.15) is 0 Å². The van der Waals surface area contributed by atoms with Crippen LogP contribution in [-0.4, -0.2) is 37.5 Å². The first kappa shape index (κ1) is 27.7. The normalized spacial score (nSPS) is 44.1. The Morgan fingerprint density at radius 2 is 1.62 bits per heavy atom. The van der Waals surface area contributed by atoms with E-state index in [2.05, 4.69) is 30.8 Å². The summed E-state index contributed by atoms with van der Waals surface area (Å²) in [7, 11) is -3.55. The molecule has 5 saturated carbocycles. The zero-order valence-corrected chi connectivity index (χ0v) is 24.3. The first-order valence-corrected chi connectivity index (χ1v) is 17.1. The fraction of sp³-hybridized carbons (Fsp3) is 0.967. The molecule has 0 bridgehead atoms. The van der Waals surface area contributed by atoms with E-state index in [0.29, 0.717) is 42.1 Å². The lowest BCUT2D eigenvalue weighted by Crippen LogP contribution is -2.56. The molecule has 37 heavy (non-hydrogen) atoms. The maximum Gasteiger partial charge on any atom is 0.328 e. The second-order valence-corrected chi connectivity index (χ2v) is 16.1. The molecule has 5 aliphatic carbocycles. The van der Waals surface area contributed by atoms with Crippen molar-refractivity contribution in [3.05, 3.63) is 0 Å². The molecule has 0 aliphatic heterocycles. The number of amides is 2. The smallest absolute Gasteiger partial charge is 0.328 e. The number of urea groups is 1. The predicted octanol–water partition coefficient (Wildman–Crippen LogP) is 5.99. The van der Waals surface area contributed by atoms with Crippen LogP contribution in [0.5, 0.6) is 0 Å². The third kappa shape index (κ3) is 5.10. The summed E-state index contributed by atoms with van der Waals surface area (Å²) in [6.07, 6.45) is 16.2. The minimum atomic E-state index is -3.55. The molecule has 9 atom stereocenters. The van der Waals surface area contributed by atoms with Gasteiger partial charge in [0.25, 0.3) is 0 Å². The highest BCUT2D eigenvalue weighted by molar-refractivity contribution is 7.90. The Bertz CT molecular complexity index is 934. The molecule has 5 rings (SSSR count). The number of sulfonamides is 1. The number of aliphatic hydroxyl groups is 1. The van der Waals surface area contributed by atoms with Gasteiger partial charge in [0.2, 0.25) is 10.0 Å². The SMILES string of the molecule is CC[C@H]1C[C@@H]2[C@H](CC[C@]3(C)[C@@H](CCCNC(=O)NS(=O)(=O)C4CCCC4)CC[C@@H]23)[C@@]2(C)CC[C@@H](O)C[C@@H]12. The van der Waals surface area contributed by atoms with E-state index in [9.17, 15) is 18.3 Å². The molecule has 5 fully saturated rings. The van der Waals surface area contributed by atoms with Crippen LogP contribution in [0.3, 0.4) is 0 Å². The van der Waals surface area contributed by atoms with Crippen molar-refractivity contribution < 1.29 is 18.3 Å². The molecule has 7 heteroatoms. The van der Waals surface area contributed by atoms with Crippen molar-refractivity contribution in [3.63, 3.8) is 0 Å². The molecule has 2 amide bonds. The number of carbonyl (C=O) groups excluding carboxylic acids is 1. The Morgan fingerprint density at radius 1 is 0.919 bits per heavy atom. The van der Waals surface area contributed by atoms with Crippen molar-refractivity contribution in [1.82, 2.24) is 10.0 Å².